The van der Waals surface area contributed by atoms with E-state index in [2.05, 4.69) is 0 Å². The highest BCUT2D eigenvalue weighted by molar-refractivity contribution is 6.00. The van der Waals surface area contributed by atoms with Crippen molar-refractivity contribution < 1.29 is 19.4 Å². The lowest BCUT2D eigenvalue weighted by molar-refractivity contribution is 0.0696. The van der Waals surface area contributed by atoms with Crippen LogP contribution in [0.25, 0.3) is 0 Å². The topological polar surface area (TPSA) is 63.6 Å². The van der Waals surface area contributed by atoms with E-state index in [-0.39, 0.29) is 17.8 Å². The number of benzene rings is 2. The number of fused-ring (bicyclic) bond motifs is 1. The van der Waals surface area contributed by atoms with Gasteiger partial charge in [-0.3, -0.25) is 4.79 Å². The van der Waals surface area contributed by atoms with Gasteiger partial charge in [0.1, 0.15) is 11.9 Å². The normalized spacial score (nSPS) is 16.8. The largest absolute Gasteiger partial charge is 0.484 e. The van der Waals surface area contributed by atoms with Gasteiger partial charge in [0, 0.05) is 0 Å². The number of aryl methyl sites for hydroxylation is 1. The van der Waals surface area contributed by atoms with Gasteiger partial charge in [0.05, 0.1) is 17.5 Å². The Bertz CT molecular complexity index is 777. The minimum Gasteiger partial charge on any atom is -0.484 e. The second kappa shape index (κ2) is 5.30. The van der Waals surface area contributed by atoms with Gasteiger partial charge in [-0.1, -0.05) is 18.2 Å². The maximum atomic E-state index is 12.4. The number of aromatic carboxylic acids is 1. The highest BCUT2D eigenvalue weighted by Gasteiger charge is 2.29. The molecular formula is C18H16O4. The number of carboxylic acid groups (broad SMARTS) is 1. The van der Waals surface area contributed by atoms with E-state index in [4.69, 9.17) is 9.84 Å². The van der Waals surface area contributed by atoms with Crippen molar-refractivity contribution in [2.75, 3.05) is 0 Å². The number of Topliss-reactive ketones (excluding diaryl/α,β-unsaturated/α-hetero) is 1. The standard InChI is InChI=1S/C18H16O4/c1-10-6-7-14-15(19)9-16(22-17(14)11(10)2)12-4-3-5-13(8-12)18(20)21/h3-8,16H,9H2,1-2H3,(H,20,21). The molecule has 2 aromatic rings. The molecule has 4 nitrogen and oxygen atoms in total. The molecule has 0 amide bonds. The first-order chi connectivity index (χ1) is 10.5. The smallest absolute Gasteiger partial charge is 0.335 e. The second-order valence-corrected chi connectivity index (χ2v) is 5.55. The lowest BCUT2D eigenvalue weighted by Crippen LogP contribution is -2.21. The predicted octanol–water partition coefficient (Wildman–Crippen LogP) is 3.71. The van der Waals surface area contributed by atoms with Gasteiger partial charge in [-0.25, -0.2) is 4.79 Å². The summed E-state index contributed by atoms with van der Waals surface area (Å²) in [7, 11) is 0. The molecule has 0 fully saturated rings. The van der Waals surface area contributed by atoms with E-state index < -0.39 is 12.1 Å². The highest BCUT2D eigenvalue weighted by Crippen LogP contribution is 2.38. The monoisotopic (exact) mass is 296 g/mol. The predicted molar refractivity (Wildman–Crippen MR) is 81.6 cm³/mol. The number of carbonyl (C=O) groups is 2. The number of ether oxygens (including phenoxy) is 1. The van der Waals surface area contributed by atoms with E-state index in [1.807, 2.05) is 19.9 Å². The minimum atomic E-state index is -0.989. The van der Waals surface area contributed by atoms with Crippen molar-refractivity contribution in [3.05, 3.63) is 64.2 Å². The zero-order valence-electron chi connectivity index (χ0n) is 12.4. The maximum Gasteiger partial charge on any atom is 0.335 e. The van der Waals surface area contributed by atoms with Crippen LogP contribution in [0.3, 0.4) is 0 Å². The Hall–Kier alpha value is -2.62. The second-order valence-electron chi connectivity index (χ2n) is 5.55. The lowest BCUT2D eigenvalue weighted by atomic mass is 9.92. The van der Waals surface area contributed by atoms with Crippen LogP contribution in [-0.2, 0) is 0 Å². The molecule has 0 saturated carbocycles. The molecule has 0 aliphatic carbocycles. The molecule has 1 unspecified atom stereocenters. The number of rotatable bonds is 2. The molecule has 2 aromatic carbocycles. The molecule has 1 N–H and O–H groups in total. The van der Waals surface area contributed by atoms with Crippen molar-refractivity contribution >= 4 is 11.8 Å². The molecule has 1 aliphatic rings. The Morgan fingerprint density at radius 2 is 2.00 bits per heavy atom. The molecule has 3 rings (SSSR count). The first-order valence-electron chi connectivity index (χ1n) is 7.10. The Morgan fingerprint density at radius 3 is 2.73 bits per heavy atom. The molecule has 0 radical (unpaired) electrons. The van der Waals surface area contributed by atoms with Crippen molar-refractivity contribution in [1.29, 1.82) is 0 Å². The number of carbonyl (C=O) groups excluding carboxylic acids is 1. The van der Waals surface area contributed by atoms with Crippen LogP contribution in [0.5, 0.6) is 5.75 Å². The molecule has 1 aliphatic heterocycles. The molecule has 0 aromatic heterocycles. The third-order valence-corrected chi connectivity index (χ3v) is 4.11. The van der Waals surface area contributed by atoms with Gasteiger partial charge in [0.15, 0.2) is 5.78 Å². The molecule has 22 heavy (non-hydrogen) atoms. The number of ketones is 1. The number of hydrogen-bond donors (Lipinski definition) is 1. The quantitative estimate of drug-likeness (QED) is 0.917. The van der Waals surface area contributed by atoms with Crippen LogP contribution >= 0.6 is 0 Å². The third-order valence-electron chi connectivity index (χ3n) is 4.11. The molecule has 0 bridgehead atoms. The Kier molecular flexibility index (Phi) is 3.45. The summed E-state index contributed by atoms with van der Waals surface area (Å²) in [6.07, 6.45) is -0.224. The fourth-order valence-electron chi connectivity index (χ4n) is 2.68. The summed E-state index contributed by atoms with van der Waals surface area (Å²) in [4.78, 5) is 23.4. The van der Waals surface area contributed by atoms with Crippen LogP contribution in [-0.4, -0.2) is 16.9 Å². The fraction of sp³-hybridized carbons (Fsp3) is 0.222. The molecule has 1 heterocycles. The third kappa shape index (κ3) is 2.37. The zero-order chi connectivity index (χ0) is 15.9. The molecule has 112 valence electrons. The van der Waals surface area contributed by atoms with E-state index in [0.717, 1.165) is 11.1 Å². The van der Waals surface area contributed by atoms with Gasteiger partial charge in [0.2, 0.25) is 0 Å². The summed E-state index contributed by atoms with van der Waals surface area (Å²) in [5.74, 6) is -0.353. The average molecular weight is 296 g/mol. The Labute approximate surface area is 128 Å². The molecule has 1 atom stereocenters. The van der Waals surface area contributed by atoms with E-state index >= 15 is 0 Å². The van der Waals surface area contributed by atoms with E-state index in [1.54, 1.807) is 24.3 Å². The average Bonchev–Trinajstić information content (AvgIpc) is 2.51. The number of hydrogen-bond acceptors (Lipinski definition) is 3. The Morgan fingerprint density at radius 1 is 1.23 bits per heavy atom. The van der Waals surface area contributed by atoms with Gasteiger partial charge in [-0.2, -0.15) is 0 Å². The van der Waals surface area contributed by atoms with Crippen LogP contribution in [0, 0.1) is 13.8 Å². The van der Waals surface area contributed by atoms with E-state index in [1.165, 1.54) is 6.07 Å². The van der Waals surface area contributed by atoms with Crippen molar-refractivity contribution in [3.8, 4) is 5.75 Å². The zero-order valence-corrected chi connectivity index (χ0v) is 12.4. The van der Waals surface area contributed by atoms with Gasteiger partial charge < -0.3 is 9.84 Å². The highest BCUT2D eigenvalue weighted by atomic mass is 16.5. The van der Waals surface area contributed by atoms with Crippen LogP contribution in [0.15, 0.2) is 36.4 Å². The molecule has 0 spiro atoms. The van der Waals surface area contributed by atoms with E-state index in [9.17, 15) is 9.59 Å². The maximum absolute atomic E-state index is 12.4. The summed E-state index contributed by atoms with van der Waals surface area (Å²) in [5.41, 5.74) is 3.52. The van der Waals surface area contributed by atoms with Gasteiger partial charge >= 0.3 is 5.97 Å². The summed E-state index contributed by atoms with van der Waals surface area (Å²) >= 11 is 0. The van der Waals surface area contributed by atoms with Crippen molar-refractivity contribution in [3.63, 3.8) is 0 Å². The van der Waals surface area contributed by atoms with Gasteiger partial charge in [-0.05, 0) is 48.7 Å². The van der Waals surface area contributed by atoms with Crippen molar-refractivity contribution in [2.24, 2.45) is 0 Å². The molecule has 4 heteroatoms. The SMILES string of the molecule is Cc1ccc2c(c1C)OC(c1cccc(C(=O)O)c1)CC2=O. The summed E-state index contributed by atoms with van der Waals surface area (Å²) < 4.78 is 6.02. The van der Waals surface area contributed by atoms with E-state index in [0.29, 0.717) is 16.9 Å². The molecule has 0 saturated heterocycles. The first kappa shape index (κ1) is 14.3. The Balaban J connectivity index is 2.02. The fourth-order valence-corrected chi connectivity index (χ4v) is 2.68. The first-order valence-corrected chi connectivity index (χ1v) is 7.10. The van der Waals surface area contributed by atoms with Crippen molar-refractivity contribution in [1.82, 2.24) is 0 Å². The van der Waals surface area contributed by atoms with Crippen LogP contribution < -0.4 is 4.74 Å². The van der Waals surface area contributed by atoms with Crippen LogP contribution in [0.4, 0.5) is 0 Å². The van der Waals surface area contributed by atoms with Gasteiger partial charge in [0.25, 0.3) is 0 Å². The summed E-state index contributed by atoms with van der Waals surface area (Å²) in [5, 5.41) is 9.09. The van der Waals surface area contributed by atoms with Crippen LogP contribution in [0.2, 0.25) is 0 Å². The lowest BCUT2D eigenvalue weighted by Gasteiger charge is -2.27. The number of carboxylic acids is 1. The summed E-state index contributed by atoms with van der Waals surface area (Å²) in [6.45, 7) is 3.90. The minimum absolute atomic E-state index is 0.0232. The van der Waals surface area contributed by atoms with Gasteiger partial charge in [-0.15, -0.1) is 0 Å². The van der Waals surface area contributed by atoms with Crippen LogP contribution in [0.1, 0.15) is 49.9 Å². The van der Waals surface area contributed by atoms with Crippen molar-refractivity contribution in [2.45, 2.75) is 26.4 Å². The molecular weight excluding hydrogens is 280 g/mol. The summed E-state index contributed by atoms with van der Waals surface area (Å²) in [6, 6.07) is 10.3.